The Morgan fingerprint density at radius 1 is 1.25 bits per heavy atom. The van der Waals surface area contributed by atoms with Gasteiger partial charge in [-0.25, -0.2) is 0 Å². The molecule has 0 atom stereocenters. The molecule has 2 aromatic heterocycles. The van der Waals surface area contributed by atoms with Gasteiger partial charge in [-0.3, -0.25) is 9.78 Å². The molecule has 0 saturated carbocycles. The molecule has 2 heterocycles. The van der Waals surface area contributed by atoms with Crippen molar-refractivity contribution in [2.24, 2.45) is 0 Å². The second-order valence-electron chi connectivity index (χ2n) is 4.76. The molecule has 0 aliphatic carbocycles. The second-order valence-corrected chi connectivity index (χ2v) is 4.76. The van der Waals surface area contributed by atoms with Crippen molar-refractivity contribution in [3.05, 3.63) is 70.3 Å². The number of nitrogens with zero attached hydrogens (tertiary/aromatic N) is 1. The third-order valence-electron chi connectivity index (χ3n) is 3.37. The van der Waals surface area contributed by atoms with Gasteiger partial charge in [-0.05, 0) is 41.6 Å². The van der Waals surface area contributed by atoms with Gasteiger partial charge in [0.1, 0.15) is 5.82 Å². The van der Waals surface area contributed by atoms with E-state index in [2.05, 4.69) is 15.3 Å². The number of benzene rings is 1. The largest absolute Gasteiger partial charge is 0.367 e. The van der Waals surface area contributed by atoms with Gasteiger partial charge in [0, 0.05) is 24.3 Å². The maximum atomic E-state index is 12.0. The summed E-state index contributed by atoms with van der Waals surface area (Å²) in [6.07, 6.45) is 3.61. The first-order chi connectivity index (χ1) is 9.74. The number of rotatable bonds is 3. The van der Waals surface area contributed by atoms with Gasteiger partial charge in [-0.15, -0.1) is 0 Å². The predicted octanol–water partition coefficient (Wildman–Crippen LogP) is 2.84. The summed E-state index contributed by atoms with van der Waals surface area (Å²) in [6.45, 7) is 2.68. The number of H-pyrrole nitrogens is 1. The summed E-state index contributed by atoms with van der Waals surface area (Å²) in [5.74, 6) is 0.719. The van der Waals surface area contributed by atoms with Gasteiger partial charge >= 0.3 is 0 Å². The highest BCUT2D eigenvalue weighted by Crippen LogP contribution is 2.14. The fourth-order valence-corrected chi connectivity index (χ4v) is 2.18. The van der Waals surface area contributed by atoms with Crippen LogP contribution in [0.3, 0.4) is 0 Å². The summed E-state index contributed by atoms with van der Waals surface area (Å²) in [5, 5.41) is 4.88. The van der Waals surface area contributed by atoms with Crippen LogP contribution in [0.15, 0.2) is 53.6 Å². The number of pyridine rings is 2. The van der Waals surface area contributed by atoms with E-state index in [1.54, 1.807) is 6.20 Å². The Morgan fingerprint density at radius 3 is 2.95 bits per heavy atom. The molecule has 2 N–H and O–H groups in total. The van der Waals surface area contributed by atoms with Crippen LogP contribution in [-0.4, -0.2) is 9.97 Å². The fraction of sp³-hybridized carbons (Fsp3) is 0.125. The highest BCUT2D eigenvalue weighted by atomic mass is 16.1. The number of hydrogen-bond donors (Lipinski definition) is 2. The summed E-state index contributed by atoms with van der Waals surface area (Å²) in [4.78, 5) is 18.9. The molecule has 0 unspecified atom stereocenters. The van der Waals surface area contributed by atoms with Gasteiger partial charge < -0.3 is 10.3 Å². The molecule has 0 aliphatic heterocycles. The highest BCUT2D eigenvalue weighted by Gasteiger charge is 2.02. The monoisotopic (exact) mass is 265 g/mol. The smallest absolute Gasteiger partial charge is 0.257 e. The lowest BCUT2D eigenvalue weighted by molar-refractivity contribution is 1.06. The van der Waals surface area contributed by atoms with E-state index in [9.17, 15) is 4.79 Å². The Morgan fingerprint density at radius 2 is 2.10 bits per heavy atom. The first-order valence-corrected chi connectivity index (χ1v) is 6.49. The Labute approximate surface area is 116 Å². The van der Waals surface area contributed by atoms with Crippen LogP contribution in [0.5, 0.6) is 0 Å². The third kappa shape index (κ3) is 2.40. The van der Waals surface area contributed by atoms with Crippen molar-refractivity contribution in [3.8, 4) is 0 Å². The standard InChI is InChI=1S/C16H15N3O/c1-11-6-7-17-9-13(11)10-18-15-8-12-4-2-3-5-14(12)16(20)19-15/h2-9H,10H2,1H3,(H2,18,19,20). The van der Waals surface area contributed by atoms with E-state index in [0.717, 1.165) is 16.8 Å². The molecule has 1 aromatic carbocycles. The van der Waals surface area contributed by atoms with Gasteiger partial charge in [-0.1, -0.05) is 18.2 Å². The van der Waals surface area contributed by atoms with Crippen molar-refractivity contribution < 1.29 is 0 Å². The zero-order valence-electron chi connectivity index (χ0n) is 11.2. The minimum atomic E-state index is -0.0755. The SMILES string of the molecule is Cc1ccncc1CNc1cc2ccccc2c(=O)[nH]1. The molecule has 3 aromatic rings. The van der Waals surface area contributed by atoms with E-state index in [1.807, 2.05) is 49.5 Å². The van der Waals surface area contributed by atoms with Gasteiger partial charge in [0.05, 0.1) is 0 Å². The molecule has 0 radical (unpaired) electrons. The average molecular weight is 265 g/mol. The lowest BCUT2D eigenvalue weighted by atomic mass is 10.1. The Balaban J connectivity index is 1.88. The summed E-state index contributed by atoms with van der Waals surface area (Å²) < 4.78 is 0. The average Bonchev–Trinajstić information content (AvgIpc) is 2.46. The molecule has 3 rings (SSSR count). The van der Waals surface area contributed by atoms with E-state index in [4.69, 9.17) is 0 Å². The van der Waals surface area contributed by atoms with Crippen molar-refractivity contribution in [2.75, 3.05) is 5.32 Å². The molecule has 0 bridgehead atoms. The van der Waals surface area contributed by atoms with Crippen LogP contribution in [0.2, 0.25) is 0 Å². The number of anilines is 1. The first-order valence-electron chi connectivity index (χ1n) is 6.49. The van der Waals surface area contributed by atoms with Crippen LogP contribution in [-0.2, 0) is 6.54 Å². The van der Waals surface area contributed by atoms with Gasteiger partial charge in [0.2, 0.25) is 0 Å². The van der Waals surface area contributed by atoms with E-state index < -0.39 is 0 Å². The quantitative estimate of drug-likeness (QED) is 0.765. The zero-order valence-corrected chi connectivity index (χ0v) is 11.2. The van der Waals surface area contributed by atoms with Crippen LogP contribution >= 0.6 is 0 Å². The molecule has 0 saturated heterocycles. The lowest BCUT2D eigenvalue weighted by Gasteiger charge is -2.09. The van der Waals surface area contributed by atoms with Gasteiger partial charge in [0.15, 0.2) is 0 Å². The number of aromatic nitrogens is 2. The predicted molar refractivity (Wildman–Crippen MR) is 80.9 cm³/mol. The number of aromatic amines is 1. The number of nitrogens with one attached hydrogen (secondary N) is 2. The van der Waals surface area contributed by atoms with Gasteiger partial charge in [-0.2, -0.15) is 0 Å². The number of fused-ring (bicyclic) bond motifs is 1. The maximum absolute atomic E-state index is 12.0. The molecular weight excluding hydrogens is 250 g/mol. The summed E-state index contributed by atoms with van der Waals surface area (Å²) >= 11 is 0. The number of aryl methyl sites for hydroxylation is 1. The van der Waals surface area contributed by atoms with Crippen molar-refractivity contribution in [1.82, 2.24) is 9.97 Å². The van der Waals surface area contributed by atoms with E-state index in [1.165, 1.54) is 5.56 Å². The molecule has 0 spiro atoms. The van der Waals surface area contributed by atoms with E-state index >= 15 is 0 Å². The van der Waals surface area contributed by atoms with Gasteiger partial charge in [0.25, 0.3) is 5.56 Å². The number of hydrogen-bond acceptors (Lipinski definition) is 3. The van der Waals surface area contributed by atoms with Crippen LogP contribution in [0.1, 0.15) is 11.1 Å². The van der Waals surface area contributed by atoms with Crippen molar-refractivity contribution >= 4 is 16.6 Å². The van der Waals surface area contributed by atoms with Crippen molar-refractivity contribution in [2.45, 2.75) is 13.5 Å². The Kier molecular flexibility index (Phi) is 3.21. The fourth-order valence-electron chi connectivity index (χ4n) is 2.18. The van der Waals surface area contributed by atoms with Crippen LogP contribution in [0.4, 0.5) is 5.82 Å². The van der Waals surface area contributed by atoms with E-state index in [0.29, 0.717) is 11.9 Å². The van der Waals surface area contributed by atoms with Crippen LogP contribution < -0.4 is 10.9 Å². The molecule has 20 heavy (non-hydrogen) atoms. The Bertz CT molecular complexity index is 808. The van der Waals surface area contributed by atoms with Crippen LogP contribution in [0, 0.1) is 6.92 Å². The topological polar surface area (TPSA) is 57.8 Å². The molecule has 4 heteroatoms. The summed E-state index contributed by atoms with van der Waals surface area (Å²) in [5.41, 5.74) is 2.21. The molecule has 100 valence electrons. The van der Waals surface area contributed by atoms with Crippen molar-refractivity contribution in [3.63, 3.8) is 0 Å². The maximum Gasteiger partial charge on any atom is 0.257 e. The van der Waals surface area contributed by atoms with Crippen molar-refractivity contribution in [1.29, 1.82) is 0 Å². The minimum absolute atomic E-state index is 0.0755. The Hall–Kier alpha value is -2.62. The summed E-state index contributed by atoms with van der Waals surface area (Å²) in [7, 11) is 0. The normalized spacial score (nSPS) is 10.7. The zero-order chi connectivity index (χ0) is 13.9. The summed E-state index contributed by atoms with van der Waals surface area (Å²) in [6, 6.07) is 11.5. The molecular formula is C16H15N3O. The molecule has 4 nitrogen and oxygen atoms in total. The third-order valence-corrected chi connectivity index (χ3v) is 3.37. The molecule has 0 amide bonds. The highest BCUT2D eigenvalue weighted by molar-refractivity contribution is 5.83. The first kappa shape index (κ1) is 12.4. The van der Waals surface area contributed by atoms with Crippen LogP contribution in [0.25, 0.3) is 10.8 Å². The minimum Gasteiger partial charge on any atom is -0.367 e. The lowest BCUT2D eigenvalue weighted by Crippen LogP contribution is -2.11. The second kappa shape index (κ2) is 5.17. The van der Waals surface area contributed by atoms with E-state index in [-0.39, 0.29) is 5.56 Å². The molecule has 0 aliphatic rings. The molecule has 0 fully saturated rings.